The van der Waals surface area contributed by atoms with E-state index in [1.807, 2.05) is 13.8 Å². The monoisotopic (exact) mass is 388 g/mol. The molecule has 0 saturated heterocycles. The van der Waals surface area contributed by atoms with Crippen molar-refractivity contribution < 1.29 is 19.1 Å². The molecule has 5 fully saturated rings. The second-order valence-electron chi connectivity index (χ2n) is 10.9. The first kappa shape index (κ1) is 18.9. The summed E-state index contributed by atoms with van der Waals surface area (Å²) in [6.45, 7) is 6.13. The molecule has 0 aromatic rings. The van der Waals surface area contributed by atoms with Gasteiger partial charge in [-0.1, -0.05) is 13.8 Å². The fraction of sp³-hybridized carbons (Fsp3) is 0.917. The van der Waals surface area contributed by atoms with Gasteiger partial charge in [-0.25, -0.2) is 0 Å². The molecule has 0 aromatic carbocycles. The summed E-state index contributed by atoms with van der Waals surface area (Å²) < 4.78 is 12.1. The molecule has 5 aliphatic carbocycles. The summed E-state index contributed by atoms with van der Waals surface area (Å²) in [4.78, 5) is 25.4. The van der Waals surface area contributed by atoms with Crippen molar-refractivity contribution >= 4 is 11.9 Å². The fourth-order valence-electron chi connectivity index (χ4n) is 7.92. The van der Waals surface area contributed by atoms with E-state index in [9.17, 15) is 9.59 Å². The minimum Gasteiger partial charge on any atom is -0.462 e. The van der Waals surface area contributed by atoms with Crippen LogP contribution in [0.3, 0.4) is 0 Å². The Balaban J connectivity index is 1.27. The first-order chi connectivity index (χ1) is 13.4. The van der Waals surface area contributed by atoms with Gasteiger partial charge in [-0.2, -0.15) is 0 Å². The number of carbonyl (C=O) groups is 2. The van der Waals surface area contributed by atoms with Crippen molar-refractivity contribution in [1.82, 2.24) is 0 Å². The summed E-state index contributed by atoms with van der Waals surface area (Å²) in [7, 11) is 0. The fourth-order valence-corrected chi connectivity index (χ4v) is 7.92. The van der Waals surface area contributed by atoms with E-state index in [2.05, 4.69) is 6.92 Å². The van der Waals surface area contributed by atoms with Crippen LogP contribution in [0.25, 0.3) is 0 Å². The number of rotatable bonds is 5. The molecule has 0 radical (unpaired) electrons. The topological polar surface area (TPSA) is 52.6 Å². The zero-order valence-corrected chi connectivity index (χ0v) is 17.7. The van der Waals surface area contributed by atoms with Gasteiger partial charge in [0.25, 0.3) is 0 Å². The lowest BCUT2D eigenvalue weighted by molar-refractivity contribution is -0.169. The third-order valence-corrected chi connectivity index (χ3v) is 9.35. The highest BCUT2D eigenvalue weighted by molar-refractivity contribution is 5.74. The Morgan fingerprint density at radius 3 is 2.39 bits per heavy atom. The third kappa shape index (κ3) is 2.84. The number of fused-ring (bicyclic) bond motifs is 9. The van der Waals surface area contributed by atoms with Gasteiger partial charge in [0, 0.05) is 0 Å². The van der Waals surface area contributed by atoms with Crippen molar-refractivity contribution in [2.45, 2.75) is 90.3 Å². The van der Waals surface area contributed by atoms with Gasteiger partial charge in [0.15, 0.2) is 0 Å². The lowest BCUT2D eigenvalue weighted by Gasteiger charge is -2.41. The van der Waals surface area contributed by atoms with Crippen LogP contribution >= 0.6 is 0 Å². The Morgan fingerprint density at radius 1 is 1.00 bits per heavy atom. The summed E-state index contributed by atoms with van der Waals surface area (Å²) in [5, 5.41) is 0. The molecule has 4 heteroatoms. The predicted molar refractivity (Wildman–Crippen MR) is 105 cm³/mol. The van der Waals surface area contributed by atoms with E-state index in [4.69, 9.17) is 9.47 Å². The highest BCUT2D eigenvalue weighted by Crippen LogP contribution is 2.69. The van der Waals surface area contributed by atoms with E-state index in [0.29, 0.717) is 29.6 Å². The van der Waals surface area contributed by atoms with Crippen molar-refractivity contribution in [1.29, 1.82) is 0 Å². The maximum absolute atomic E-state index is 13.1. The molecule has 0 aliphatic heterocycles. The summed E-state index contributed by atoms with van der Waals surface area (Å²) in [6, 6.07) is 0. The molecule has 5 saturated carbocycles. The number of ether oxygens (including phenoxy) is 2. The standard InChI is InChI=1S/C24H36O4/c1-4-13(2)22(25)27-19-12-15-11-18(19)21-16-9-14(20(15)21)10-17(16)23(26)28-24(3)7-5-6-8-24/h13-21H,4-12H2,1-3H3. The largest absolute Gasteiger partial charge is 0.462 e. The maximum atomic E-state index is 13.1. The molecule has 0 amide bonds. The normalized spacial score (nSPS) is 45.8. The lowest BCUT2D eigenvalue weighted by Crippen LogP contribution is -2.43. The van der Waals surface area contributed by atoms with Crippen LogP contribution in [0, 0.1) is 47.3 Å². The molecule has 0 heterocycles. The van der Waals surface area contributed by atoms with E-state index in [1.54, 1.807) is 0 Å². The Morgan fingerprint density at radius 2 is 1.68 bits per heavy atom. The Hall–Kier alpha value is -1.06. The van der Waals surface area contributed by atoms with Crippen LogP contribution in [0.1, 0.15) is 78.6 Å². The van der Waals surface area contributed by atoms with Crippen molar-refractivity contribution in [3.63, 3.8) is 0 Å². The van der Waals surface area contributed by atoms with Crippen LogP contribution < -0.4 is 0 Å². The second-order valence-corrected chi connectivity index (χ2v) is 10.9. The van der Waals surface area contributed by atoms with E-state index in [1.165, 1.54) is 25.7 Å². The maximum Gasteiger partial charge on any atom is 0.309 e. The molecule has 5 rings (SSSR count). The van der Waals surface area contributed by atoms with Gasteiger partial charge in [-0.3, -0.25) is 9.59 Å². The molecule has 0 N–H and O–H groups in total. The van der Waals surface area contributed by atoms with Gasteiger partial charge < -0.3 is 9.47 Å². The van der Waals surface area contributed by atoms with Crippen LogP contribution in [0.4, 0.5) is 0 Å². The second kappa shape index (κ2) is 6.74. The van der Waals surface area contributed by atoms with Gasteiger partial charge in [0.1, 0.15) is 11.7 Å². The number of esters is 2. The average molecular weight is 389 g/mol. The third-order valence-electron chi connectivity index (χ3n) is 9.35. The van der Waals surface area contributed by atoms with E-state index in [0.717, 1.165) is 38.0 Å². The first-order valence-electron chi connectivity index (χ1n) is 11.8. The van der Waals surface area contributed by atoms with Crippen LogP contribution in [0.15, 0.2) is 0 Å². The molecule has 9 atom stereocenters. The Bertz CT molecular complexity index is 651. The van der Waals surface area contributed by atoms with E-state index in [-0.39, 0.29) is 35.5 Å². The molecule has 156 valence electrons. The molecule has 4 bridgehead atoms. The molecule has 5 aliphatic rings. The van der Waals surface area contributed by atoms with Crippen molar-refractivity contribution in [3.8, 4) is 0 Å². The Labute approximate surface area is 169 Å². The SMILES string of the molecule is CCC(C)C(=O)OC1CC2CC1C1C3CC(CC3C(=O)OC3(C)CCCC3)C21. The first-order valence-corrected chi connectivity index (χ1v) is 11.8. The van der Waals surface area contributed by atoms with Gasteiger partial charge in [-0.05, 0) is 100 Å². The van der Waals surface area contributed by atoms with Gasteiger partial charge >= 0.3 is 11.9 Å². The Kier molecular flexibility index (Phi) is 4.56. The predicted octanol–water partition coefficient (Wildman–Crippen LogP) is 4.75. The molecule has 4 nitrogen and oxygen atoms in total. The van der Waals surface area contributed by atoms with Crippen molar-refractivity contribution in [2.24, 2.45) is 47.3 Å². The molecule has 0 spiro atoms. The van der Waals surface area contributed by atoms with Crippen molar-refractivity contribution in [3.05, 3.63) is 0 Å². The molecule has 0 aromatic heterocycles. The van der Waals surface area contributed by atoms with Crippen LogP contribution in [-0.4, -0.2) is 23.6 Å². The number of carbonyl (C=O) groups excluding carboxylic acids is 2. The van der Waals surface area contributed by atoms with E-state index < -0.39 is 0 Å². The van der Waals surface area contributed by atoms with Gasteiger partial charge in [-0.15, -0.1) is 0 Å². The zero-order valence-electron chi connectivity index (χ0n) is 17.7. The highest BCUT2D eigenvalue weighted by atomic mass is 16.6. The van der Waals surface area contributed by atoms with Gasteiger partial charge in [0.2, 0.25) is 0 Å². The molecule has 9 unspecified atom stereocenters. The minimum atomic E-state index is -0.221. The molecular weight excluding hydrogens is 352 g/mol. The number of hydrogen-bond donors (Lipinski definition) is 0. The summed E-state index contributed by atoms with van der Waals surface area (Å²) >= 11 is 0. The molecule has 28 heavy (non-hydrogen) atoms. The van der Waals surface area contributed by atoms with E-state index >= 15 is 0 Å². The van der Waals surface area contributed by atoms with Gasteiger partial charge in [0.05, 0.1) is 11.8 Å². The smallest absolute Gasteiger partial charge is 0.309 e. The van der Waals surface area contributed by atoms with Crippen LogP contribution in [0.2, 0.25) is 0 Å². The highest BCUT2D eigenvalue weighted by Gasteiger charge is 2.66. The van der Waals surface area contributed by atoms with Crippen LogP contribution in [-0.2, 0) is 19.1 Å². The average Bonchev–Trinajstić information content (AvgIpc) is 3.45. The lowest BCUT2D eigenvalue weighted by atomic mass is 9.66. The molecular formula is C24H36O4. The minimum absolute atomic E-state index is 0.00941. The zero-order chi connectivity index (χ0) is 19.6. The van der Waals surface area contributed by atoms with Crippen LogP contribution in [0.5, 0.6) is 0 Å². The summed E-state index contributed by atoms with van der Waals surface area (Å²) in [5.74, 6) is 3.85. The van der Waals surface area contributed by atoms with Crippen molar-refractivity contribution in [2.75, 3.05) is 0 Å². The quantitative estimate of drug-likeness (QED) is 0.504. The number of hydrogen-bond acceptors (Lipinski definition) is 4. The summed E-state index contributed by atoms with van der Waals surface area (Å²) in [5.41, 5.74) is -0.221. The summed E-state index contributed by atoms with van der Waals surface area (Å²) in [6.07, 6.45) is 9.83.